The molecule has 0 bridgehead atoms. The number of hydrogen-bond acceptors (Lipinski definition) is 10. The maximum atomic E-state index is 9.66. The van der Waals surface area contributed by atoms with Crippen molar-refractivity contribution in [2.45, 2.75) is 55.4 Å². The lowest BCUT2D eigenvalue weighted by molar-refractivity contribution is -0.265. The van der Waals surface area contributed by atoms with E-state index in [1.165, 1.54) is 0 Å². The van der Waals surface area contributed by atoms with Crippen molar-refractivity contribution in [1.29, 1.82) is 0 Å². The second-order valence-corrected chi connectivity index (χ2v) is 5.21. The molecule has 0 aliphatic carbocycles. The molecule has 0 amide bonds. The Morgan fingerprint density at radius 2 is 1.59 bits per heavy atom. The number of aliphatic hydroxyl groups is 8. The summed E-state index contributed by atoms with van der Waals surface area (Å²) in [6, 6.07) is 0. The largest absolute Gasteiger partial charge is 0.394 e. The Morgan fingerprint density at radius 1 is 1.00 bits per heavy atom. The van der Waals surface area contributed by atoms with Crippen molar-refractivity contribution < 1.29 is 50.3 Å². The molecule has 8 atom stereocenters. The van der Waals surface area contributed by atoms with Crippen molar-refractivity contribution in [3.63, 3.8) is 0 Å². The predicted molar refractivity (Wildman–Crippen MR) is 69.4 cm³/mol. The van der Waals surface area contributed by atoms with Crippen LogP contribution in [0.25, 0.3) is 0 Å². The first-order valence-corrected chi connectivity index (χ1v) is 6.89. The van der Waals surface area contributed by atoms with Gasteiger partial charge in [-0.2, -0.15) is 0 Å². The van der Waals surface area contributed by atoms with Crippen LogP contribution < -0.4 is 0 Å². The molecule has 10 heteroatoms. The molecule has 0 saturated carbocycles. The topological polar surface area (TPSA) is 180 Å². The van der Waals surface area contributed by atoms with Gasteiger partial charge in [-0.15, -0.1) is 0 Å². The molecule has 1 aliphatic rings. The monoisotopic (exact) mass is 328 g/mol. The minimum Gasteiger partial charge on any atom is -0.394 e. The van der Waals surface area contributed by atoms with Crippen LogP contribution in [0.4, 0.5) is 0 Å². The number of rotatable bonds is 8. The van der Waals surface area contributed by atoms with Crippen LogP contribution in [0.15, 0.2) is 0 Å². The zero-order valence-corrected chi connectivity index (χ0v) is 11.8. The Labute approximate surface area is 126 Å². The lowest BCUT2D eigenvalue weighted by Gasteiger charge is -2.36. The van der Waals surface area contributed by atoms with E-state index in [4.69, 9.17) is 24.8 Å². The quantitative estimate of drug-likeness (QED) is 0.215. The van der Waals surface area contributed by atoms with Crippen LogP contribution in [0.2, 0.25) is 0 Å². The molecule has 0 aromatic rings. The first kappa shape index (κ1) is 19.6. The molecule has 1 aliphatic heterocycles. The average Bonchev–Trinajstić information content (AvgIpc) is 2.52. The molecule has 0 aromatic heterocycles. The molecule has 1 fully saturated rings. The van der Waals surface area contributed by atoms with Crippen LogP contribution in [0, 0.1) is 0 Å². The standard InChI is InChI=1S/C12H24O10/c13-2-6(16)11(19)12(20)7(17)4-21-9-1-5(15)10(18)8(3-14)22-9/h5-20H,1-4H2/t5-,6-,7+,8-,9?,10+,11+,12-/m1/s1. The Morgan fingerprint density at radius 3 is 2.14 bits per heavy atom. The van der Waals surface area contributed by atoms with E-state index in [9.17, 15) is 25.5 Å². The average molecular weight is 328 g/mol. The highest BCUT2D eigenvalue weighted by atomic mass is 16.7. The fourth-order valence-corrected chi connectivity index (χ4v) is 2.04. The van der Waals surface area contributed by atoms with Crippen LogP contribution in [0.1, 0.15) is 6.42 Å². The summed E-state index contributed by atoms with van der Waals surface area (Å²) in [5.41, 5.74) is 0. The first-order valence-electron chi connectivity index (χ1n) is 6.89. The smallest absolute Gasteiger partial charge is 0.160 e. The van der Waals surface area contributed by atoms with Crippen LogP contribution in [-0.4, -0.2) is 110 Å². The zero-order valence-electron chi connectivity index (χ0n) is 11.8. The summed E-state index contributed by atoms with van der Waals surface area (Å²) in [4.78, 5) is 0. The Kier molecular flexibility index (Phi) is 8.07. The molecule has 22 heavy (non-hydrogen) atoms. The molecule has 0 spiro atoms. The molecule has 10 nitrogen and oxygen atoms in total. The van der Waals surface area contributed by atoms with E-state index in [2.05, 4.69) is 0 Å². The molecular weight excluding hydrogens is 304 g/mol. The van der Waals surface area contributed by atoms with Gasteiger partial charge in [-0.3, -0.25) is 0 Å². The maximum Gasteiger partial charge on any atom is 0.160 e. The van der Waals surface area contributed by atoms with Gasteiger partial charge in [0.25, 0.3) is 0 Å². The highest BCUT2D eigenvalue weighted by molar-refractivity contribution is 4.83. The molecular formula is C12H24O10. The highest BCUT2D eigenvalue weighted by Gasteiger charge is 2.37. The summed E-state index contributed by atoms with van der Waals surface area (Å²) in [5, 5.41) is 74.6. The van der Waals surface area contributed by atoms with Crippen LogP contribution in [0.5, 0.6) is 0 Å². The third-order valence-corrected chi connectivity index (χ3v) is 3.49. The summed E-state index contributed by atoms with van der Waals surface area (Å²) in [6.45, 7) is -1.83. The van der Waals surface area contributed by atoms with E-state index in [-0.39, 0.29) is 6.42 Å². The van der Waals surface area contributed by atoms with E-state index in [1.54, 1.807) is 0 Å². The van der Waals surface area contributed by atoms with Crippen LogP contribution >= 0.6 is 0 Å². The number of aliphatic hydroxyl groups excluding tert-OH is 8. The highest BCUT2D eigenvalue weighted by Crippen LogP contribution is 2.21. The normalized spacial score (nSPS) is 34.9. The summed E-state index contributed by atoms with van der Waals surface area (Å²) in [5.74, 6) is 0. The summed E-state index contributed by atoms with van der Waals surface area (Å²) >= 11 is 0. The van der Waals surface area contributed by atoms with Gasteiger partial charge < -0.3 is 50.3 Å². The van der Waals surface area contributed by atoms with Crippen molar-refractivity contribution in [2.75, 3.05) is 19.8 Å². The Hall–Kier alpha value is -0.400. The molecule has 1 saturated heterocycles. The second-order valence-electron chi connectivity index (χ2n) is 5.21. The van der Waals surface area contributed by atoms with Crippen molar-refractivity contribution >= 4 is 0 Å². The zero-order chi connectivity index (χ0) is 16.9. The van der Waals surface area contributed by atoms with E-state index in [0.29, 0.717) is 0 Å². The third-order valence-electron chi connectivity index (χ3n) is 3.49. The molecule has 0 radical (unpaired) electrons. The first-order chi connectivity index (χ1) is 10.3. The molecule has 132 valence electrons. The van der Waals surface area contributed by atoms with Crippen LogP contribution in [-0.2, 0) is 9.47 Å². The van der Waals surface area contributed by atoms with Gasteiger partial charge in [0, 0.05) is 6.42 Å². The fourth-order valence-electron chi connectivity index (χ4n) is 2.04. The Bertz CT molecular complexity index is 316. The van der Waals surface area contributed by atoms with E-state index in [1.807, 2.05) is 0 Å². The predicted octanol–water partition coefficient (Wildman–Crippen LogP) is -4.73. The van der Waals surface area contributed by atoms with Crippen molar-refractivity contribution in [1.82, 2.24) is 0 Å². The molecule has 1 rings (SSSR count). The van der Waals surface area contributed by atoms with E-state index >= 15 is 0 Å². The fraction of sp³-hybridized carbons (Fsp3) is 1.00. The number of ether oxygens (including phenoxy) is 2. The molecule has 1 unspecified atom stereocenters. The van der Waals surface area contributed by atoms with Crippen molar-refractivity contribution in [2.24, 2.45) is 0 Å². The number of hydrogen-bond donors (Lipinski definition) is 8. The maximum absolute atomic E-state index is 9.66. The van der Waals surface area contributed by atoms with Crippen molar-refractivity contribution in [3.05, 3.63) is 0 Å². The van der Waals surface area contributed by atoms with Gasteiger partial charge in [0.1, 0.15) is 36.6 Å². The lowest BCUT2D eigenvalue weighted by Crippen LogP contribution is -2.52. The summed E-state index contributed by atoms with van der Waals surface area (Å²) in [6.07, 6.45) is -11.4. The van der Waals surface area contributed by atoms with Gasteiger partial charge in [0.15, 0.2) is 6.29 Å². The Balaban J connectivity index is 2.45. The van der Waals surface area contributed by atoms with Gasteiger partial charge in [-0.25, -0.2) is 0 Å². The third kappa shape index (κ3) is 5.06. The van der Waals surface area contributed by atoms with Crippen molar-refractivity contribution in [3.8, 4) is 0 Å². The molecule has 1 heterocycles. The van der Waals surface area contributed by atoms with E-state index < -0.39 is 68.8 Å². The van der Waals surface area contributed by atoms with Gasteiger partial charge in [-0.1, -0.05) is 0 Å². The molecule has 8 N–H and O–H groups in total. The van der Waals surface area contributed by atoms with E-state index in [0.717, 1.165) is 0 Å². The minimum absolute atomic E-state index is 0.109. The van der Waals surface area contributed by atoms with Gasteiger partial charge in [-0.05, 0) is 0 Å². The lowest BCUT2D eigenvalue weighted by atomic mass is 10.0. The molecule has 0 aromatic carbocycles. The van der Waals surface area contributed by atoms with Crippen LogP contribution in [0.3, 0.4) is 0 Å². The summed E-state index contributed by atoms with van der Waals surface area (Å²) < 4.78 is 10.3. The van der Waals surface area contributed by atoms with Gasteiger partial charge in [0.2, 0.25) is 0 Å². The van der Waals surface area contributed by atoms with Gasteiger partial charge in [0.05, 0.1) is 25.9 Å². The SMILES string of the molecule is OC[C@@H](O)[C@H](O)[C@H](O)[C@@H](O)COC1C[C@@H](O)[C@H](O)[C@@H](CO)O1. The summed E-state index contributed by atoms with van der Waals surface area (Å²) in [7, 11) is 0. The van der Waals surface area contributed by atoms with Gasteiger partial charge >= 0.3 is 0 Å². The minimum atomic E-state index is -1.77. The second kappa shape index (κ2) is 9.03.